The zero-order valence-corrected chi connectivity index (χ0v) is 13.1. The van der Waals surface area contributed by atoms with E-state index in [-0.39, 0.29) is 6.42 Å². The predicted octanol–water partition coefficient (Wildman–Crippen LogP) is 3.23. The molecule has 2 aromatic rings. The maximum absolute atomic E-state index is 10.9. The molecule has 0 radical (unpaired) electrons. The van der Waals surface area contributed by atoms with Gasteiger partial charge in [-0.2, -0.15) is 0 Å². The van der Waals surface area contributed by atoms with Crippen molar-refractivity contribution in [2.45, 2.75) is 13.0 Å². The van der Waals surface area contributed by atoms with Crippen LogP contribution in [-0.4, -0.2) is 31.7 Å². The molecule has 116 valence electrons. The van der Waals surface area contributed by atoms with E-state index in [0.29, 0.717) is 13.1 Å². The van der Waals surface area contributed by atoms with E-state index < -0.39 is 5.97 Å². The summed E-state index contributed by atoms with van der Waals surface area (Å²) in [6, 6.07) is 18.3. The second-order valence-corrected chi connectivity index (χ2v) is 5.46. The van der Waals surface area contributed by atoms with Crippen molar-refractivity contribution >= 4 is 17.3 Å². The first-order valence-electron chi connectivity index (χ1n) is 7.34. The minimum Gasteiger partial charge on any atom is -0.481 e. The number of carboxylic acids is 1. The molecular weight excluding hydrogens is 276 g/mol. The minimum absolute atomic E-state index is 0.127. The SMILES string of the molecule is CN(C)c1ccc(N(CCC(=O)O)Cc2ccccc2)cc1. The van der Waals surface area contributed by atoms with Gasteiger partial charge in [-0.05, 0) is 29.8 Å². The first kappa shape index (κ1) is 15.9. The van der Waals surface area contributed by atoms with E-state index in [2.05, 4.69) is 17.0 Å². The Balaban J connectivity index is 2.17. The highest BCUT2D eigenvalue weighted by molar-refractivity contribution is 5.68. The van der Waals surface area contributed by atoms with Crippen LogP contribution in [0.1, 0.15) is 12.0 Å². The molecule has 0 heterocycles. The van der Waals surface area contributed by atoms with Gasteiger partial charge in [0.15, 0.2) is 0 Å². The molecule has 0 unspecified atom stereocenters. The summed E-state index contributed by atoms with van der Waals surface area (Å²) in [4.78, 5) is 15.0. The second-order valence-electron chi connectivity index (χ2n) is 5.46. The lowest BCUT2D eigenvalue weighted by atomic mass is 10.1. The van der Waals surface area contributed by atoms with Gasteiger partial charge in [0, 0.05) is 38.6 Å². The Bertz CT molecular complexity index is 594. The Kier molecular flexibility index (Phi) is 5.42. The number of carboxylic acid groups (broad SMARTS) is 1. The Morgan fingerprint density at radius 1 is 0.955 bits per heavy atom. The van der Waals surface area contributed by atoms with Crippen molar-refractivity contribution in [3.05, 3.63) is 60.2 Å². The molecule has 4 heteroatoms. The average molecular weight is 298 g/mol. The summed E-state index contributed by atoms with van der Waals surface area (Å²) in [5.41, 5.74) is 3.34. The summed E-state index contributed by atoms with van der Waals surface area (Å²) in [5.74, 6) is -0.775. The third kappa shape index (κ3) is 4.52. The van der Waals surface area contributed by atoms with Gasteiger partial charge in [0.05, 0.1) is 6.42 Å². The fraction of sp³-hybridized carbons (Fsp3) is 0.278. The molecule has 0 aliphatic heterocycles. The standard InChI is InChI=1S/C18H22N2O2/c1-19(2)16-8-10-17(11-9-16)20(13-12-18(21)22)14-15-6-4-3-5-7-15/h3-11H,12-14H2,1-2H3,(H,21,22). The highest BCUT2D eigenvalue weighted by atomic mass is 16.4. The van der Waals surface area contributed by atoms with Crippen LogP contribution >= 0.6 is 0 Å². The largest absolute Gasteiger partial charge is 0.481 e. The molecule has 0 aliphatic carbocycles. The summed E-state index contributed by atoms with van der Waals surface area (Å²) >= 11 is 0. The predicted molar refractivity (Wildman–Crippen MR) is 90.5 cm³/mol. The van der Waals surface area contributed by atoms with Crippen LogP contribution in [0, 0.1) is 0 Å². The van der Waals surface area contributed by atoms with Crippen molar-refractivity contribution < 1.29 is 9.90 Å². The lowest BCUT2D eigenvalue weighted by Crippen LogP contribution is -2.25. The summed E-state index contributed by atoms with van der Waals surface area (Å²) in [7, 11) is 4.00. The molecule has 2 rings (SSSR count). The van der Waals surface area contributed by atoms with E-state index in [9.17, 15) is 4.79 Å². The zero-order valence-electron chi connectivity index (χ0n) is 13.1. The fourth-order valence-electron chi connectivity index (χ4n) is 2.30. The number of hydrogen-bond acceptors (Lipinski definition) is 3. The number of hydrogen-bond donors (Lipinski definition) is 1. The van der Waals surface area contributed by atoms with Crippen LogP contribution in [0.25, 0.3) is 0 Å². The lowest BCUT2D eigenvalue weighted by molar-refractivity contribution is -0.136. The second kappa shape index (κ2) is 7.50. The number of rotatable bonds is 7. The lowest BCUT2D eigenvalue weighted by Gasteiger charge is -2.25. The molecule has 0 saturated carbocycles. The van der Waals surface area contributed by atoms with Crippen molar-refractivity contribution in [3.8, 4) is 0 Å². The van der Waals surface area contributed by atoms with Crippen LogP contribution in [0.15, 0.2) is 54.6 Å². The van der Waals surface area contributed by atoms with Gasteiger partial charge in [-0.15, -0.1) is 0 Å². The molecule has 0 saturated heterocycles. The van der Waals surface area contributed by atoms with Crippen molar-refractivity contribution in [3.63, 3.8) is 0 Å². The first-order valence-corrected chi connectivity index (χ1v) is 7.34. The number of anilines is 2. The van der Waals surface area contributed by atoms with E-state index in [4.69, 9.17) is 5.11 Å². The molecule has 0 atom stereocenters. The number of aliphatic carboxylic acids is 1. The normalized spacial score (nSPS) is 10.3. The van der Waals surface area contributed by atoms with Crippen molar-refractivity contribution in [1.29, 1.82) is 0 Å². The first-order chi connectivity index (χ1) is 10.6. The Morgan fingerprint density at radius 2 is 1.55 bits per heavy atom. The van der Waals surface area contributed by atoms with Gasteiger partial charge in [-0.3, -0.25) is 4.79 Å². The quantitative estimate of drug-likeness (QED) is 0.852. The van der Waals surface area contributed by atoms with Crippen LogP contribution in [-0.2, 0) is 11.3 Å². The summed E-state index contributed by atoms with van der Waals surface area (Å²) < 4.78 is 0. The van der Waals surface area contributed by atoms with Crippen LogP contribution in [0.4, 0.5) is 11.4 Å². The van der Waals surface area contributed by atoms with Crippen molar-refractivity contribution in [2.24, 2.45) is 0 Å². The minimum atomic E-state index is -0.775. The monoisotopic (exact) mass is 298 g/mol. The van der Waals surface area contributed by atoms with E-state index in [1.165, 1.54) is 5.56 Å². The number of benzene rings is 2. The molecule has 0 amide bonds. The Morgan fingerprint density at radius 3 is 2.09 bits per heavy atom. The molecule has 4 nitrogen and oxygen atoms in total. The van der Waals surface area contributed by atoms with Gasteiger partial charge in [0.25, 0.3) is 0 Å². The molecule has 1 N–H and O–H groups in total. The highest BCUT2D eigenvalue weighted by Gasteiger charge is 2.10. The smallest absolute Gasteiger partial charge is 0.305 e. The van der Waals surface area contributed by atoms with E-state index in [1.54, 1.807) is 0 Å². The molecule has 0 aliphatic rings. The summed E-state index contributed by atoms with van der Waals surface area (Å²) in [5, 5.41) is 8.96. The molecule has 22 heavy (non-hydrogen) atoms. The van der Waals surface area contributed by atoms with Gasteiger partial charge < -0.3 is 14.9 Å². The number of nitrogens with zero attached hydrogens (tertiary/aromatic N) is 2. The van der Waals surface area contributed by atoms with Gasteiger partial charge in [0.1, 0.15) is 0 Å². The van der Waals surface area contributed by atoms with Gasteiger partial charge in [-0.25, -0.2) is 0 Å². The zero-order chi connectivity index (χ0) is 15.9. The topological polar surface area (TPSA) is 43.8 Å². The summed E-state index contributed by atoms with van der Waals surface area (Å²) in [6.07, 6.45) is 0.127. The molecule has 0 bridgehead atoms. The van der Waals surface area contributed by atoms with E-state index in [1.807, 2.05) is 61.5 Å². The van der Waals surface area contributed by atoms with Crippen molar-refractivity contribution in [2.75, 3.05) is 30.4 Å². The third-order valence-corrected chi connectivity index (χ3v) is 3.54. The molecule has 0 fully saturated rings. The van der Waals surface area contributed by atoms with Crippen LogP contribution in [0.5, 0.6) is 0 Å². The van der Waals surface area contributed by atoms with Gasteiger partial charge >= 0.3 is 5.97 Å². The van der Waals surface area contributed by atoms with Crippen LogP contribution < -0.4 is 9.80 Å². The van der Waals surface area contributed by atoms with Gasteiger partial charge in [0.2, 0.25) is 0 Å². The fourth-order valence-corrected chi connectivity index (χ4v) is 2.30. The van der Waals surface area contributed by atoms with Gasteiger partial charge in [-0.1, -0.05) is 30.3 Å². The average Bonchev–Trinajstić information content (AvgIpc) is 2.52. The third-order valence-electron chi connectivity index (χ3n) is 3.54. The highest BCUT2D eigenvalue weighted by Crippen LogP contribution is 2.21. The molecule has 0 aromatic heterocycles. The summed E-state index contributed by atoms with van der Waals surface area (Å²) in [6.45, 7) is 1.20. The van der Waals surface area contributed by atoms with Crippen LogP contribution in [0.2, 0.25) is 0 Å². The number of carbonyl (C=O) groups is 1. The molecule has 0 spiro atoms. The van der Waals surface area contributed by atoms with E-state index in [0.717, 1.165) is 11.4 Å². The maximum atomic E-state index is 10.9. The Hall–Kier alpha value is -2.49. The molecular formula is C18H22N2O2. The van der Waals surface area contributed by atoms with Crippen LogP contribution in [0.3, 0.4) is 0 Å². The molecule has 2 aromatic carbocycles. The van der Waals surface area contributed by atoms with E-state index >= 15 is 0 Å². The van der Waals surface area contributed by atoms with Crippen molar-refractivity contribution in [1.82, 2.24) is 0 Å². The maximum Gasteiger partial charge on any atom is 0.305 e. The Labute approximate surface area is 131 Å².